The monoisotopic (exact) mass is 262 g/mol. The highest BCUT2D eigenvalue weighted by atomic mass is 16.6. The molecule has 0 saturated carbocycles. The van der Waals surface area contributed by atoms with E-state index in [0.717, 1.165) is 31.7 Å². The Morgan fingerprint density at radius 1 is 1.58 bits per heavy atom. The summed E-state index contributed by atoms with van der Waals surface area (Å²) in [5.41, 5.74) is 0.843. The minimum Gasteiger partial charge on any atom is -0.362 e. The predicted octanol–water partition coefficient (Wildman–Crippen LogP) is 1.42. The molecule has 0 aromatic carbocycles. The first-order valence-electron chi connectivity index (χ1n) is 6.78. The average molecular weight is 262 g/mol. The van der Waals surface area contributed by atoms with Crippen LogP contribution in [0.3, 0.4) is 0 Å². The van der Waals surface area contributed by atoms with Crippen molar-refractivity contribution < 1.29 is 4.92 Å². The van der Waals surface area contributed by atoms with Crippen molar-refractivity contribution >= 4 is 11.4 Å². The molecule has 2 aliphatic rings. The van der Waals surface area contributed by atoms with Crippen molar-refractivity contribution in [1.29, 1.82) is 0 Å². The van der Waals surface area contributed by atoms with Gasteiger partial charge in [0.25, 0.3) is 0 Å². The topological polar surface area (TPSA) is 71.3 Å². The van der Waals surface area contributed by atoms with Crippen molar-refractivity contribution in [2.75, 3.05) is 24.5 Å². The van der Waals surface area contributed by atoms with Crippen LogP contribution < -0.4 is 10.2 Å². The molecule has 1 aromatic heterocycles. The molecule has 3 unspecified atom stereocenters. The fourth-order valence-electron chi connectivity index (χ4n) is 3.59. The van der Waals surface area contributed by atoms with Crippen molar-refractivity contribution in [1.82, 2.24) is 10.3 Å². The summed E-state index contributed by atoms with van der Waals surface area (Å²) >= 11 is 0. The molecule has 102 valence electrons. The number of anilines is 1. The lowest BCUT2D eigenvalue weighted by molar-refractivity contribution is -0.384. The van der Waals surface area contributed by atoms with E-state index in [1.165, 1.54) is 6.20 Å². The van der Waals surface area contributed by atoms with Crippen LogP contribution >= 0.6 is 0 Å². The smallest absolute Gasteiger partial charge is 0.310 e. The number of fused-ring (bicyclic) bond motifs is 1. The van der Waals surface area contributed by atoms with Gasteiger partial charge in [-0.15, -0.1) is 0 Å². The Morgan fingerprint density at radius 3 is 3.16 bits per heavy atom. The Bertz CT molecular complexity index is 493. The van der Waals surface area contributed by atoms with Crippen molar-refractivity contribution in [2.45, 2.75) is 19.4 Å². The van der Waals surface area contributed by atoms with Gasteiger partial charge in [0.05, 0.1) is 4.92 Å². The van der Waals surface area contributed by atoms with Gasteiger partial charge >= 0.3 is 5.69 Å². The third kappa shape index (κ3) is 1.96. The zero-order chi connectivity index (χ0) is 13.4. The second-order valence-corrected chi connectivity index (χ2v) is 5.33. The standard InChI is InChI=1S/C13H18N4O2/c1-2-11-10-6-15-5-9(10)8-16(11)12-3-4-14-7-13(12)17(18)19/h3-4,7,9-11,15H,2,5-6,8H2,1H3. The molecule has 0 aliphatic carbocycles. The van der Waals surface area contributed by atoms with Gasteiger partial charge in [0.1, 0.15) is 11.9 Å². The van der Waals surface area contributed by atoms with Crippen LogP contribution in [0.1, 0.15) is 13.3 Å². The SMILES string of the molecule is CCC1C2CNCC2CN1c1ccncc1[N+](=O)[O-]. The van der Waals surface area contributed by atoms with Crippen molar-refractivity contribution in [3.8, 4) is 0 Å². The lowest BCUT2D eigenvalue weighted by Gasteiger charge is -2.28. The Labute approximate surface area is 112 Å². The van der Waals surface area contributed by atoms with E-state index in [-0.39, 0.29) is 10.6 Å². The molecule has 19 heavy (non-hydrogen) atoms. The van der Waals surface area contributed by atoms with E-state index in [4.69, 9.17) is 0 Å². The Hall–Kier alpha value is -1.69. The molecule has 2 aliphatic heterocycles. The van der Waals surface area contributed by atoms with Crippen LogP contribution in [0, 0.1) is 22.0 Å². The highest BCUT2D eigenvalue weighted by molar-refractivity contribution is 5.63. The maximum Gasteiger partial charge on any atom is 0.310 e. The summed E-state index contributed by atoms with van der Waals surface area (Å²) in [6.07, 6.45) is 4.01. The summed E-state index contributed by atoms with van der Waals surface area (Å²) < 4.78 is 0. The molecule has 0 radical (unpaired) electrons. The molecule has 6 nitrogen and oxygen atoms in total. The van der Waals surface area contributed by atoms with Crippen LogP contribution in [0.5, 0.6) is 0 Å². The first kappa shape index (κ1) is 12.3. The van der Waals surface area contributed by atoms with Crippen LogP contribution in [0.15, 0.2) is 18.5 Å². The van der Waals surface area contributed by atoms with Gasteiger partial charge in [-0.1, -0.05) is 6.92 Å². The zero-order valence-electron chi connectivity index (χ0n) is 11.0. The van der Waals surface area contributed by atoms with Gasteiger partial charge in [-0.3, -0.25) is 15.1 Å². The second kappa shape index (κ2) is 4.77. The molecule has 3 rings (SSSR count). The second-order valence-electron chi connectivity index (χ2n) is 5.33. The van der Waals surface area contributed by atoms with E-state index in [9.17, 15) is 10.1 Å². The van der Waals surface area contributed by atoms with Gasteiger partial charge in [-0.05, 0) is 24.3 Å². The molecule has 1 aromatic rings. The molecule has 6 heteroatoms. The number of nitrogens with one attached hydrogen (secondary N) is 1. The highest BCUT2D eigenvalue weighted by Crippen LogP contribution is 2.40. The maximum absolute atomic E-state index is 11.1. The first-order valence-corrected chi connectivity index (χ1v) is 6.78. The fraction of sp³-hybridized carbons (Fsp3) is 0.615. The zero-order valence-corrected chi connectivity index (χ0v) is 11.0. The number of nitro groups is 1. The molecule has 3 heterocycles. The summed E-state index contributed by atoms with van der Waals surface area (Å²) in [5.74, 6) is 1.22. The quantitative estimate of drug-likeness (QED) is 0.659. The Kier molecular flexibility index (Phi) is 3.10. The lowest BCUT2D eigenvalue weighted by atomic mass is 9.93. The van der Waals surface area contributed by atoms with E-state index < -0.39 is 0 Å². The van der Waals surface area contributed by atoms with Gasteiger partial charge in [-0.2, -0.15) is 0 Å². The van der Waals surface area contributed by atoms with E-state index in [2.05, 4.69) is 22.1 Å². The summed E-state index contributed by atoms with van der Waals surface area (Å²) in [6, 6.07) is 2.16. The third-order valence-corrected chi connectivity index (χ3v) is 4.42. The highest BCUT2D eigenvalue weighted by Gasteiger charge is 2.44. The van der Waals surface area contributed by atoms with Crippen LogP contribution in [0.25, 0.3) is 0 Å². The summed E-state index contributed by atoms with van der Waals surface area (Å²) in [7, 11) is 0. The summed E-state index contributed by atoms with van der Waals surface area (Å²) in [6.45, 7) is 5.11. The maximum atomic E-state index is 11.1. The lowest BCUT2D eigenvalue weighted by Crippen LogP contribution is -2.35. The van der Waals surface area contributed by atoms with Gasteiger partial charge in [0.2, 0.25) is 0 Å². The normalized spacial score (nSPS) is 29.5. The van der Waals surface area contributed by atoms with Crippen molar-refractivity contribution in [3.05, 3.63) is 28.6 Å². The number of aromatic nitrogens is 1. The molecule has 2 saturated heterocycles. The predicted molar refractivity (Wildman–Crippen MR) is 72.2 cm³/mol. The van der Waals surface area contributed by atoms with Gasteiger partial charge in [0.15, 0.2) is 0 Å². The molecule has 3 atom stereocenters. The van der Waals surface area contributed by atoms with Crippen LogP contribution in [0.4, 0.5) is 11.4 Å². The molecule has 2 fully saturated rings. The number of hydrogen-bond acceptors (Lipinski definition) is 5. The molecule has 0 bridgehead atoms. The first-order chi connectivity index (χ1) is 9.22. The van der Waals surface area contributed by atoms with E-state index in [1.807, 2.05) is 0 Å². The molecule has 1 N–H and O–H groups in total. The van der Waals surface area contributed by atoms with E-state index >= 15 is 0 Å². The number of hydrogen-bond donors (Lipinski definition) is 1. The summed E-state index contributed by atoms with van der Waals surface area (Å²) in [4.78, 5) is 16.9. The number of nitrogens with zero attached hydrogens (tertiary/aromatic N) is 3. The van der Waals surface area contributed by atoms with Crippen molar-refractivity contribution in [3.63, 3.8) is 0 Å². The molecule has 0 spiro atoms. The Balaban J connectivity index is 1.96. The minimum absolute atomic E-state index is 0.119. The Morgan fingerprint density at radius 2 is 2.42 bits per heavy atom. The minimum atomic E-state index is -0.332. The van der Waals surface area contributed by atoms with Crippen LogP contribution in [-0.4, -0.2) is 35.6 Å². The average Bonchev–Trinajstić information content (AvgIpc) is 2.98. The fourth-order valence-corrected chi connectivity index (χ4v) is 3.59. The van der Waals surface area contributed by atoms with E-state index in [0.29, 0.717) is 17.9 Å². The number of rotatable bonds is 3. The van der Waals surface area contributed by atoms with Crippen LogP contribution in [0.2, 0.25) is 0 Å². The molecular weight excluding hydrogens is 244 g/mol. The van der Waals surface area contributed by atoms with Gasteiger partial charge in [0, 0.05) is 31.9 Å². The largest absolute Gasteiger partial charge is 0.362 e. The molecule has 0 amide bonds. The third-order valence-electron chi connectivity index (χ3n) is 4.42. The van der Waals surface area contributed by atoms with E-state index in [1.54, 1.807) is 12.3 Å². The van der Waals surface area contributed by atoms with Crippen molar-refractivity contribution in [2.24, 2.45) is 11.8 Å². The van der Waals surface area contributed by atoms with Gasteiger partial charge < -0.3 is 10.2 Å². The van der Waals surface area contributed by atoms with Gasteiger partial charge in [-0.25, -0.2) is 0 Å². The molecular formula is C13H18N4O2. The van der Waals surface area contributed by atoms with Crippen LogP contribution in [-0.2, 0) is 0 Å². The summed E-state index contributed by atoms with van der Waals surface area (Å²) in [5, 5.41) is 14.6. The number of pyridine rings is 1.